The number of hydrogen-bond donors (Lipinski definition) is 1. The van der Waals surface area contributed by atoms with Gasteiger partial charge in [-0.3, -0.25) is 4.79 Å². The number of nitrogens with zero attached hydrogens (tertiary/aromatic N) is 1. The zero-order valence-corrected chi connectivity index (χ0v) is 11.8. The number of carbonyl (C=O) groups is 1. The number of likely N-dealkylation sites (N-methyl/N-ethyl adjacent to an activating group) is 1. The molecule has 110 valence electrons. The lowest BCUT2D eigenvalue weighted by molar-refractivity contribution is 0.0267. The van der Waals surface area contributed by atoms with Crippen molar-refractivity contribution in [2.45, 2.75) is 37.8 Å². The van der Waals surface area contributed by atoms with Crippen LogP contribution in [0.5, 0.6) is 5.75 Å². The SMILES string of the molecule is COc1ccc(C(=O)N(C)[C@@H]2CCCC[C@H]2O)cc1F. The molecule has 20 heavy (non-hydrogen) atoms. The van der Waals surface area contributed by atoms with Crippen molar-refractivity contribution in [1.29, 1.82) is 0 Å². The average Bonchev–Trinajstić information content (AvgIpc) is 2.46. The number of ether oxygens (including phenoxy) is 1. The molecule has 1 aromatic rings. The van der Waals surface area contributed by atoms with Crippen molar-refractivity contribution in [3.05, 3.63) is 29.6 Å². The van der Waals surface area contributed by atoms with E-state index in [1.165, 1.54) is 30.2 Å². The van der Waals surface area contributed by atoms with Gasteiger partial charge in [0.05, 0.1) is 19.3 Å². The lowest BCUT2D eigenvalue weighted by Gasteiger charge is -2.35. The first kappa shape index (κ1) is 14.8. The first-order valence-electron chi connectivity index (χ1n) is 6.83. The highest BCUT2D eigenvalue weighted by Crippen LogP contribution is 2.24. The molecule has 1 fully saturated rings. The molecule has 1 saturated carbocycles. The van der Waals surface area contributed by atoms with Crippen LogP contribution in [0.3, 0.4) is 0 Å². The molecular formula is C15H20FNO3. The van der Waals surface area contributed by atoms with E-state index in [1.807, 2.05) is 0 Å². The molecule has 1 aromatic carbocycles. The second kappa shape index (κ2) is 6.22. The summed E-state index contributed by atoms with van der Waals surface area (Å²) in [6.45, 7) is 0. The maximum absolute atomic E-state index is 13.6. The highest BCUT2D eigenvalue weighted by Gasteiger charge is 2.30. The zero-order valence-electron chi connectivity index (χ0n) is 11.8. The molecule has 4 nitrogen and oxygen atoms in total. The Hall–Kier alpha value is -1.62. The maximum atomic E-state index is 13.6. The summed E-state index contributed by atoms with van der Waals surface area (Å²) in [5.74, 6) is -0.727. The smallest absolute Gasteiger partial charge is 0.254 e. The zero-order chi connectivity index (χ0) is 14.7. The van der Waals surface area contributed by atoms with Gasteiger partial charge in [0.15, 0.2) is 11.6 Å². The number of amides is 1. The fourth-order valence-electron chi connectivity index (χ4n) is 2.70. The van der Waals surface area contributed by atoms with Gasteiger partial charge >= 0.3 is 0 Å². The van der Waals surface area contributed by atoms with Crippen molar-refractivity contribution in [1.82, 2.24) is 4.90 Å². The number of aliphatic hydroxyl groups excluding tert-OH is 1. The van der Waals surface area contributed by atoms with Crippen molar-refractivity contribution in [3.63, 3.8) is 0 Å². The average molecular weight is 281 g/mol. The van der Waals surface area contributed by atoms with E-state index in [4.69, 9.17) is 4.74 Å². The van der Waals surface area contributed by atoms with Gasteiger partial charge < -0.3 is 14.7 Å². The summed E-state index contributed by atoms with van der Waals surface area (Å²) < 4.78 is 18.5. The largest absolute Gasteiger partial charge is 0.494 e. The fourth-order valence-corrected chi connectivity index (χ4v) is 2.70. The van der Waals surface area contributed by atoms with E-state index in [-0.39, 0.29) is 23.3 Å². The molecular weight excluding hydrogens is 261 g/mol. The lowest BCUT2D eigenvalue weighted by Crippen LogP contribution is -2.46. The molecule has 1 amide bonds. The summed E-state index contributed by atoms with van der Waals surface area (Å²) in [6.07, 6.45) is 2.97. The van der Waals surface area contributed by atoms with Gasteiger partial charge in [-0.15, -0.1) is 0 Å². The molecule has 2 rings (SSSR count). The third kappa shape index (κ3) is 2.93. The molecule has 0 heterocycles. The van der Waals surface area contributed by atoms with Crippen molar-refractivity contribution in [3.8, 4) is 5.75 Å². The van der Waals surface area contributed by atoms with Crippen molar-refractivity contribution < 1.29 is 19.0 Å². The Kier molecular flexibility index (Phi) is 4.60. The number of benzene rings is 1. The van der Waals surface area contributed by atoms with E-state index < -0.39 is 11.9 Å². The van der Waals surface area contributed by atoms with E-state index in [0.717, 1.165) is 19.3 Å². The molecule has 1 aliphatic carbocycles. The van der Waals surface area contributed by atoms with Crippen molar-refractivity contribution >= 4 is 5.91 Å². The third-order valence-corrected chi connectivity index (χ3v) is 3.91. The standard InChI is InChI=1S/C15H20FNO3/c1-17(12-5-3-4-6-13(12)18)15(19)10-7-8-14(20-2)11(16)9-10/h7-9,12-13,18H,3-6H2,1-2H3/t12-,13-/m1/s1. The Labute approximate surface area is 118 Å². The second-order valence-electron chi connectivity index (χ2n) is 5.18. The van der Waals surface area contributed by atoms with Gasteiger partial charge in [0, 0.05) is 12.6 Å². The molecule has 0 saturated heterocycles. The number of hydrogen-bond acceptors (Lipinski definition) is 3. The van der Waals surface area contributed by atoms with E-state index in [1.54, 1.807) is 7.05 Å². The van der Waals surface area contributed by atoms with Crippen molar-refractivity contribution in [2.24, 2.45) is 0 Å². The van der Waals surface area contributed by atoms with Crippen LogP contribution < -0.4 is 4.74 Å². The van der Waals surface area contributed by atoms with Crippen LogP contribution in [0.2, 0.25) is 0 Å². The van der Waals surface area contributed by atoms with Gasteiger partial charge in [0.25, 0.3) is 5.91 Å². The van der Waals surface area contributed by atoms with Crippen molar-refractivity contribution in [2.75, 3.05) is 14.2 Å². The lowest BCUT2D eigenvalue weighted by atomic mass is 9.91. The molecule has 0 aliphatic heterocycles. The Morgan fingerprint density at radius 2 is 2.10 bits per heavy atom. The number of rotatable bonds is 3. The molecule has 0 unspecified atom stereocenters. The van der Waals surface area contributed by atoms with Gasteiger partial charge in [-0.05, 0) is 31.0 Å². The van der Waals surface area contributed by atoms with E-state index >= 15 is 0 Å². The van der Waals surface area contributed by atoms with Crippen LogP contribution in [0.15, 0.2) is 18.2 Å². The molecule has 0 spiro atoms. The van der Waals surface area contributed by atoms with Crippen LogP contribution in [-0.2, 0) is 0 Å². The van der Waals surface area contributed by atoms with Crippen LogP contribution in [0.4, 0.5) is 4.39 Å². The number of aliphatic hydroxyl groups is 1. The minimum atomic E-state index is -0.559. The Bertz CT molecular complexity index is 492. The van der Waals surface area contributed by atoms with E-state index in [9.17, 15) is 14.3 Å². The summed E-state index contributed by atoms with van der Waals surface area (Å²) in [5.41, 5.74) is 0.267. The summed E-state index contributed by atoms with van der Waals surface area (Å²) in [5, 5.41) is 9.98. The fraction of sp³-hybridized carbons (Fsp3) is 0.533. The van der Waals surface area contributed by atoms with E-state index in [0.29, 0.717) is 6.42 Å². The topological polar surface area (TPSA) is 49.8 Å². The Morgan fingerprint density at radius 1 is 1.40 bits per heavy atom. The molecule has 5 heteroatoms. The molecule has 0 bridgehead atoms. The highest BCUT2D eigenvalue weighted by atomic mass is 19.1. The summed E-state index contributed by atoms with van der Waals surface area (Å²) in [6, 6.07) is 3.96. The summed E-state index contributed by atoms with van der Waals surface area (Å²) in [7, 11) is 3.04. The predicted molar refractivity (Wildman–Crippen MR) is 73.3 cm³/mol. The third-order valence-electron chi connectivity index (χ3n) is 3.91. The van der Waals surface area contributed by atoms with Gasteiger partial charge in [0.2, 0.25) is 0 Å². The molecule has 0 aromatic heterocycles. The van der Waals surface area contributed by atoms with Crippen LogP contribution in [0, 0.1) is 5.82 Å². The quantitative estimate of drug-likeness (QED) is 0.924. The molecule has 2 atom stereocenters. The number of carbonyl (C=O) groups excluding carboxylic acids is 1. The number of methoxy groups -OCH3 is 1. The summed E-state index contributed by atoms with van der Waals surface area (Å²) >= 11 is 0. The van der Waals surface area contributed by atoms with Crippen LogP contribution in [0.25, 0.3) is 0 Å². The normalized spacial score (nSPS) is 22.4. The first-order valence-corrected chi connectivity index (χ1v) is 6.83. The van der Waals surface area contributed by atoms with Gasteiger partial charge in [0.1, 0.15) is 0 Å². The van der Waals surface area contributed by atoms with Gasteiger partial charge in [-0.2, -0.15) is 0 Å². The molecule has 0 radical (unpaired) electrons. The highest BCUT2D eigenvalue weighted by molar-refractivity contribution is 5.94. The van der Waals surface area contributed by atoms with Crippen LogP contribution in [-0.4, -0.2) is 42.2 Å². The predicted octanol–water partition coefficient (Wildman–Crippen LogP) is 2.21. The Morgan fingerprint density at radius 3 is 2.70 bits per heavy atom. The number of halogens is 1. The minimum Gasteiger partial charge on any atom is -0.494 e. The second-order valence-corrected chi connectivity index (χ2v) is 5.18. The minimum absolute atomic E-state index is 0.113. The Balaban J connectivity index is 2.15. The van der Waals surface area contributed by atoms with Gasteiger partial charge in [-0.25, -0.2) is 4.39 Å². The first-order chi connectivity index (χ1) is 9.54. The molecule has 1 aliphatic rings. The van der Waals surface area contributed by atoms with Crippen LogP contribution in [0.1, 0.15) is 36.0 Å². The maximum Gasteiger partial charge on any atom is 0.254 e. The van der Waals surface area contributed by atoms with Crippen LogP contribution >= 0.6 is 0 Å². The summed E-state index contributed by atoms with van der Waals surface area (Å²) in [4.78, 5) is 13.9. The molecule has 1 N–H and O–H groups in total. The monoisotopic (exact) mass is 281 g/mol. The van der Waals surface area contributed by atoms with E-state index in [2.05, 4.69) is 0 Å². The van der Waals surface area contributed by atoms with Gasteiger partial charge in [-0.1, -0.05) is 12.8 Å².